The standard InChI is InChI=1S/C14H15N5/c1-10-4-5-12-13(17-10)19(14(15)18-12)8-6-11-3-2-7-16-9-11/h2-5,7,9H,6,8H2,1H3,(H2,15,18). The van der Waals surface area contributed by atoms with E-state index in [9.17, 15) is 0 Å². The molecule has 3 aromatic heterocycles. The zero-order valence-electron chi connectivity index (χ0n) is 10.7. The molecule has 5 heteroatoms. The van der Waals surface area contributed by atoms with E-state index in [1.54, 1.807) is 6.20 Å². The van der Waals surface area contributed by atoms with Crippen LogP contribution in [0.3, 0.4) is 0 Å². The van der Waals surface area contributed by atoms with E-state index in [4.69, 9.17) is 5.73 Å². The highest BCUT2D eigenvalue weighted by Crippen LogP contribution is 2.17. The summed E-state index contributed by atoms with van der Waals surface area (Å²) >= 11 is 0. The van der Waals surface area contributed by atoms with Crippen LogP contribution in [0.1, 0.15) is 11.3 Å². The lowest BCUT2D eigenvalue weighted by molar-refractivity contribution is 0.717. The molecule has 0 bridgehead atoms. The lowest BCUT2D eigenvalue weighted by Crippen LogP contribution is -2.06. The van der Waals surface area contributed by atoms with E-state index in [1.807, 2.05) is 35.9 Å². The van der Waals surface area contributed by atoms with Crippen LogP contribution >= 0.6 is 0 Å². The molecule has 0 atom stereocenters. The highest BCUT2D eigenvalue weighted by atomic mass is 15.2. The van der Waals surface area contributed by atoms with Crippen LogP contribution in [0.4, 0.5) is 5.95 Å². The zero-order valence-corrected chi connectivity index (χ0v) is 10.7. The smallest absolute Gasteiger partial charge is 0.202 e. The Labute approximate surface area is 111 Å². The van der Waals surface area contributed by atoms with Gasteiger partial charge in [0.2, 0.25) is 5.95 Å². The molecule has 3 rings (SSSR count). The molecule has 96 valence electrons. The van der Waals surface area contributed by atoms with Crippen molar-refractivity contribution in [2.75, 3.05) is 5.73 Å². The number of aromatic nitrogens is 4. The number of hydrogen-bond acceptors (Lipinski definition) is 4. The molecule has 0 saturated carbocycles. The second kappa shape index (κ2) is 4.68. The molecular weight excluding hydrogens is 238 g/mol. The molecule has 19 heavy (non-hydrogen) atoms. The number of aryl methyl sites for hydroxylation is 3. The first kappa shape index (κ1) is 11.6. The monoisotopic (exact) mass is 253 g/mol. The van der Waals surface area contributed by atoms with Gasteiger partial charge < -0.3 is 5.73 Å². The number of imidazole rings is 1. The molecular formula is C14H15N5. The minimum Gasteiger partial charge on any atom is -0.369 e. The van der Waals surface area contributed by atoms with Gasteiger partial charge in [0, 0.05) is 24.6 Å². The average molecular weight is 253 g/mol. The number of nitrogens with two attached hydrogens (primary N) is 1. The Kier molecular flexibility index (Phi) is 2.87. The molecule has 0 aliphatic heterocycles. The summed E-state index contributed by atoms with van der Waals surface area (Å²) in [5.41, 5.74) is 9.80. The Balaban J connectivity index is 1.92. The molecule has 0 radical (unpaired) electrons. The van der Waals surface area contributed by atoms with Gasteiger partial charge >= 0.3 is 0 Å². The van der Waals surface area contributed by atoms with Gasteiger partial charge in [0.25, 0.3) is 0 Å². The highest BCUT2D eigenvalue weighted by molar-refractivity contribution is 5.74. The molecule has 0 spiro atoms. The Bertz CT molecular complexity index is 702. The van der Waals surface area contributed by atoms with Gasteiger partial charge in [0.15, 0.2) is 5.65 Å². The van der Waals surface area contributed by atoms with Crippen molar-refractivity contribution in [3.8, 4) is 0 Å². The van der Waals surface area contributed by atoms with Crippen LogP contribution in [0.2, 0.25) is 0 Å². The number of rotatable bonds is 3. The van der Waals surface area contributed by atoms with Crippen LogP contribution in [0, 0.1) is 6.92 Å². The average Bonchev–Trinajstić information content (AvgIpc) is 2.73. The second-order valence-corrected chi connectivity index (χ2v) is 4.53. The Morgan fingerprint density at radius 3 is 2.89 bits per heavy atom. The summed E-state index contributed by atoms with van der Waals surface area (Å²) in [6.45, 7) is 2.72. The van der Waals surface area contributed by atoms with Crippen molar-refractivity contribution in [1.82, 2.24) is 19.5 Å². The van der Waals surface area contributed by atoms with Crippen molar-refractivity contribution in [3.63, 3.8) is 0 Å². The normalized spacial score (nSPS) is 11.0. The molecule has 3 aromatic rings. The molecule has 0 aliphatic carbocycles. The summed E-state index contributed by atoms with van der Waals surface area (Å²) in [6.07, 6.45) is 4.50. The first-order valence-electron chi connectivity index (χ1n) is 6.22. The highest BCUT2D eigenvalue weighted by Gasteiger charge is 2.09. The van der Waals surface area contributed by atoms with E-state index in [-0.39, 0.29) is 0 Å². The molecule has 0 aromatic carbocycles. The Morgan fingerprint density at radius 1 is 1.21 bits per heavy atom. The maximum absolute atomic E-state index is 5.96. The topological polar surface area (TPSA) is 69.6 Å². The minimum atomic E-state index is 0.511. The van der Waals surface area contributed by atoms with Gasteiger partial charge in [0.05, 0.1) is 0 Å². The zero-order chi connectivity index (χ0) is 13.2. The number of anilines is 1. The van der Waals surface area contributed by atoms with Crippen LogP contribution in [0.25, 0.3) is 11.2 Å². The number of fused-ring (bicyclic) bond motifs is 1. The lowest BCUT2D eigenvalue weighted by Gasteiger charge is -2.06. The predicted molar refractivity (Wildman–Crippen MR) is 74.6 cm³/mol. The molecule has 0 aliphatic rings. The summed E-state index contributed by atoms with van der Waals surface area (Å²) in [6, 6.07) is 7.89. The maximum Gasteiger partial charge on any atom is 0.202 e. The predicted octanol–water partition coefficient (Wildman–Crippen LogP) is 1.96. The lowest BCUT2D eigenvalue weighted by atomic mass is 10.2. The fourth-order valence-corrected chi connectivity index (χ4v) is 2.12. The summed E-state index contributed by atoms with van der Waals surface area (Å²) in [5, 5.41) is 0. The van der Waals surface area contributed by atoms with E-state index < -0.39 is 0 Å². The molecule has 2 N–H and O–H groups in total. The van der Waals surface area contributed by atoms with Crippen LogP contribution in [0.15, 0.2) is 36.7 Å². The van der Waals surface area contributed by atoms with Gasteiger partial charge in [-0.25, -0.2) is 9.97 Å². The van der Waals surface area contributed by atoms with Crippen LogP contribution in [-0.4, -0.2) is 19.5 Å². The molecule has 5 nitrogen and oxygen atoms in total. The van der Waals surface area contributed by atoms with E-state index in [0.29, 0.717) is 5.95 Å². The van der Waals surface area contributed by atoms with Crippen molar-refractivity contribution >= 4 is 17.1 Å². The first-order chi connectivity index (χ1) is 9.24. The molecule has 0 amide bonds. The third kappa shape index (κ3) is 2.27. The first-order valence-corrected chi connectivity index (χ1v) is 6.22. The van der Waals surface area contributed by atoms with Crippen molar-refractivity contribution in [2.45, 2.75) is 19.9 Å². The fraction of sp³-hybridized carbons (Fsp3) is 0.214. The minimum absolute atomic E-state index is 0.511. The van der Waals surface area contributed by atoms with Crippen molar-refractivity contribution in [1.29, 1.82) is 0 Å². The van der Waals surface area contributed by atoms with Gasteiger partial charge in [-0.3, -0.25) is 9.55 Å². The summed E-state index contributed by atoms with van der Waals surface area (Å²) in [7, 11) is 0. The van der Waals surface area contributed by atoms with Crippen LogP contribution < -0.4 is 5.73 Å². The molecule has 0 fully saturated rings. The van der Waals surface area contributed by atoms with Crippen LogP contribution in [-0.2, 0) is 13.0 Å². The number of nitrogens with zero attached hydrogens (tertiary/aromatic N) is 4. The van der Waals surface area contributed by atoms with E-state index >= 15 is 0 Å². The van der Waals surface area contributed by atoms with Gasteiger partial charge in [0.1, 0.15) is 5.52 Å². The quantitative estimate of drug-likeness (QED) is 0.774. The molecule has 0 unspecified atom stereocenters. The van der Waals surface area contributed by atoms with E-state index in [0.717, 1.165) is 29.8 Å². The SMILES string of the molecule is Cc1ccc2nc(N)n(CCc3cccnc3)c2n1. The molecule has 3 heterocycles. The van der Waals surface area contributed by atoms with Crippen LogP contribution in [0.5, 0.6) is 0 Å². The summed E-state index contributed by atoms with van der Waals surface area (Å²) in [4.78, 5) is 13.0. The van der Waals surface area contributed by atoms with Gasteiger partial charge in [-0.05, 0) is 37.1 Å². The van der Waals surface area contributed by atoms with E-state index in [1.165, 1.54) is 5.56 Å². The van der Waals surface area contributed by atoms with Crippen molar-refractivity contribution < 1.29 is 0 Å². The number of nitrogen functional groups attached to an aromatic ring is 1. The second-order valence-electron chi connectivity index (χ2n) is 4.53. The third-order valence-electron chi connectivity index (χ3n) is 3.11. The number of hydrogen-bond donors (Lipinski definition) is 1. The summed E-state index contributed by atoms with van der Waals surface area (Å²) < 4.78 is 1.95. The van der Waals surface area contributed by atoms with Gasteiger partial charge in [-0.2, -0.15) is 0 Å². The van der Waals surface area contributed by atoms with Gasteiger partial charge in [-0.1, -0.05) is 6.07 Å². The van der Waals surface area contributed by atoms with Crippen molar-refractivity contribution in [3.05, 3.63) is 47.9 Å². The Hall–Kier alpha value is -2.43. The molecule has 0 saturated heterocycles. The third-order valence-corrected chi connectivity index (χ3v) is 3.11. The maximum atomic E-state index is 5.96. The largest absolute Gasteiger partial charge is 0.369 e. The van der Waals surface area contributed by atoms with Crippen molar-refractivity contribution in [2.24, 2.45) is 0 Å². The summed E-state index contributed by atoms with van der Waals surface area (Å²) in [5.74, 6) is 0.511. The number of pyridine rings is 2. The Morgan fingerprint density at radius 2 is 2.11 bits per heavy atom. The van der Waals surface area contributed by atoms with E-state index in [2.05, 4.69) is 21.0 Å². The van der Waals surface area contributed by atoms with Gasteiger partial charge in [-0.15, -0.1) is 0 Å². The fourth-order valence-electron chi connectivity index (χ4n) is 2.12.